The van der Waals surface area contributed by atoms with E-state index in [1.165, 1.54) is 0 Å². The SMILES string of the molecule is CCCC(=S)NN=C(C(=NNC(=S)NCC(F)(F)F)c1ccc(C)cc1)c1ccccc1. The van der Waals surface area contributed by atoms with Crippen molar-refractivity contribution in [2.75, 3.05) is 6.54 Å². The van der Waals surface area contributed by atoms with Crippen molar-refractivity contribution in [2.24, 2.45) is 10.2 Å². The maximum absolute atomic E-state index is 12.5. The molecule has 2 aromatic carbocycles. The number of hydrogen-bond acceptors (Lipinski definition) is 4. The number of nitrogens with zero attached hydrogens (tertiary/aromatic N) is 2. The first kappa shape index (κ1) is 25.4. The minimum Gasteiger partial charge on any atom is -0.352 e. The maximum atomic E-state index is 12.5. The van der Waals surface area contributed by atoms with Crippen molar-refractivity contribution in [1.82, 2.24) is 16.2 Å². The normalized spacial score (nSPS) is 12.3. The average molecular weight is 480 g/mol. The van der Waals surface area contributed by atoms with E-state index in [-0.39, 0.29) is 5.11 Å². The average Bonchev–Trinajstić information content (AvgIpc) is 2.75. The van der Waals surface area contributed by atoms with Crippen LogP contribution < -0.4 is 16.2 Å². The molecular formula is C22H24F3N5S2. The largest absolute Gasteiger partial charge is 0.405 e. The fraction of sp³-hybridized carbons (Fsp3) is 0.273. The molecule has 0 bridgehead atoms. The van der Waals surface area contributed by atoms with Crippen LogP contribution in [0.4, 0.5) is 13.2 Å². The Hall–Kier alpha value is -2.85. The van der Waals surface area contributed by atoms with Crippen LogP contribution in [-0.4, -0.2) is 34.2 Å². The molecule has 2 aromatic rings. The zero-order valence-corrected chi connectivity index (χ0v) is 19.3. The Morgan fingerprint density at radius 3 is 2.00 bits per heavy atom. The van der Waals surface area contributed by atoms with Gasteiger partial charge in [0.05, 0.1) is 4.99 Å². The van der Waals surface area contributed by atoms with Gasteiger partial charge in [0.1, 0.15) is 18.0 Å². The lowest BCUT2D eigenvalue weighted by atomic mass is 9.99. The summed E-state index contributed by atoms with van der Waals surface area (Å²) in [6, 6.07) is 16.8. The lowest BCUT2D eigenvalue weighted by Gasteiger charge is -2.14. The molecule has 0 aliphatic heterocycles. The van der Waals surface area contributed by atoms with Gasteiger partial charge in [0.15, 0.2) is 5.11 Å². The number of hydrogen-bond donors (Lipinski definition) is 3. The topological polar surface area (TPSA) is 60.8 Å². The zero-order valence-electron chi connectivity index (χ0n) is 17.7. The molecule has 0 atom stereocenters. The third kappa shape index (κ3) is 8.72. The minimum atomic E-state index is -4.40. The van der Waals surface area contributed by atoms with E-state index in [4.69, 9.17) is 24.4 Å². The fourth-order valence-corrected chi connectivity index (χ4v) is 2.91. The molecule has 2 rings (SSSR count). The van der Waals surface area contributed by atoms with Crippen molar-refractivity contribution in [1.29, 1.82) is 0 Å². The zero-order chi connectivity index (χ0) is 23.6. The van der Waals surface area contributed by atoms with Crippen LogP contribution in [0.25, 0.3) is 0 Å². The van der Waals surface area contributed by atoms with Gasteiger partial charge in [-0.25, -0.2) is 0 Å². The molecule has 0 heterocycles. The highest BCUT2D eigenvalue weighted by Crippen LogP contribution is 2.13. The number of hydrazone groups is 2. The van der Waals surface area contributed by atoms with Crippen LogP contribution in [0.2, 0.25) is 0 Å². The highest BCUT2D eigenvalue weighted by molar-refractivity contribution is 7.80. The van der Waals surface area contributed by atoms with Crippen LogP contribution in [0.3, 0.4) is 0 Å². The van der Waals surface area contributed by atoms with E-state index in [1.54, 1.807) is 0 Å². The van der Waals surface area contributed by atoms with Crippen LogP contribution >= 0.6 is 24.4 Å². The summed E-state index contributed by atoms with van der Waals surface area (Å²) in [5.41, 5.74) is 8.73. The number of rotatable bonds is 8. The van der Waals surface area contributed by atoms with Crippen molar-refractivity contribution < 1.29 is 13.2 Å². The molecule has 0 aliphatic carbocycles. The van der Waals surface area contributed by atoms with Gasteiger partial charge in [-0.15, -0.1) is 0 Å². The number of aryl methyl sites for hydroxylation is 1. The van der Waals surface area contributed by atoms with E-state index in [0.29, 0.717) is 28.4 Å². The molecule has 0 unspecified atom stereocenters. The number of thiocarbonyl (C=S) groups is 2. The summed E-state index contributed by atoms with van der Waals surface area (Å²) in [6.07, 6.45) is -2.87. The first-order valence-electron chi connectivity index (χ1n) is 9.87. The van der Waals surface area contributed by atoms with Crippen LogP contribution in [0.5, 0.6) is 0 Å². The molecule has 0 aliphatic rings. The van der Waals surface area contributed by atoms with Gasteiger partial charge in [-0.05, 0) is 32.0 Å². The van der Waals surface area contributed by atoms with E-state index < -0.39 is 12.7 Å². The minimum absolute atomic E-state index is 0.256. The lowest BCUT2D eigenvalue weighted by molar-refractivity contribution is -0.122. The van der Waals surface area contributed by atoms with Gasteiger partial charge in [-0.2, -0.15) is 23.4 Å². The fourth-order valence-electron chi connectivity index (χ4n) is 2.54. The Labute approximate surface area is 196 Å². The second-order valence-electron chi connectivity index (χ2n) is 6.85. The summed E-state index contributed by atoms with van der Waals surface area (Å²) >= 11 is 10.3. The summed E-state index contributed by atoms with van der Waals surface area (Å²) in [7, 11) is 0. The molecule has 170 valence electrons. The van der Waals surface area contributed by atoms with Gasteiger partial charge in [0.25, 0.3) is 0 Å². The van der Waals surface area contributed by atoms with Crippen molar-refractivity contribution >= 4 is 46.0 Å². The highest BCUT2D eigenvalue weighted by Gasteiger charge is 2.27. The maximum Gasteiger partial charge on any atom is 0.405 e. The molecule has 0 saturated heterocycles. The van der Waals surface area contributed by atoms with Crippen molar-refractivity contribution in [3.8, 4) is 0 Å². The third-order valence-electron chi connectivity index (χ3n) is 4.08. The van der Waals surface area contributed by atoms with Gasteiger partial charge < -0.3 is 5.32 Å². The third-order valence-corrected chi connectivity index (χ3v) is 4.62. The van der Waals surface area contributed by atoms with E-state index >= 15 is 0 Å². The molecular weight excluding hydrogens is 455 g/mol. The number of benzene rings is 2. The standard InChI is InChI=1S/C22H24F3N5S2/c1-3-7-18(31)27-28-19(16-8-5-4-6-9-16)20(17-12-10-15(2)11-13-17)29-30-21(32)26-14-22(23,24)25/h4-6,8-13H,3,7,14H2,1-2H3,(H,27,31)(H2,26,30,32). The molecule has 0 amide bonds. The Bertz CT molecular complexity index is 971. The second kappa shape index (κ2) is 12.3. The molecule has 3 N–H and O–H groups in total. The Morgan fingerprint density at radius 1 is 0.875 bits per heavy atom. The monoisotopic (exact) mass is 479 g/mol. The number of alkyl halides is 3. The summed E-state index contributed by atoms with van der Waals surface area (Å²) < 4.78 is 37.4. The van der Waals surface area contributed by atoms with Crippen LogP contribution in [-0.2, 0) is 0 Å². The van der Waals surface area contributed by atoms with Crippen molar-refractivity contribution in [3.63, 3.8) is 0 Å². The van der Waals surface area contributed by atoms with Crippen LogP contribution in [0.15, 0.2) is 64.8 Å². The molecule has 0 radical (unpaired) electrons. The van der Waals surface area contributed by atoms with Crippen LogP contribution in [0, 0.1) is 6.92 Å². The molecule has 0 saturated carbocycles. The molecule has 0 aromatic heterocycles. The highest BCUT2D eigenvalue weighted by atomic mass is 32.1. The first-order chi connectivity index (χ1) is 15.2. The first-order valence-corrected chi connectivity index (χ1v) is 10.7. The molecule has 0 spiro atoms. The van der Waals surface area contributed by atoms with E-state index in [2.05, 4.69) is 26.4 Å². The van der Waals surface area contributed by atoms with Gasteiger partial charge >= 0.3 is 6.18 Å². The predicted molar refractivity (Wildman–Crippen MR) is 131 cm³/mol. The summed E-state index contributed by atoms with van der Waals surface area (Å²) in [4.78, 5) is 0.569. The predicted octanol–water partition coefficient (Wildman–Crippen LogP) is 4.85. The van der Waals surface area contributed by atoms with Gasteiger partial charge in [-0.3, -0.25) is 10.9 Å². The Kier molecular flexibility index (Phi) is 9.73. The molecule has 32 heavy (non-hydrogen) atoms. The quantitative estimate of drug-likeness (QED) is 0.287. The van der Waals surface area contributed by atoms with Crippen LogP contribution in [0.1, 0.15) is 36.5 Å². The van der Waals surface area contributed by atoms with E-state index in [9.17, 15) is 13.2 Å². The second-order valence-corrected chi connectivity index (χ2v) is 7.75. The van der Waals surface area contributed by atoms with Gasteiger partial charge in [0.2, 0.25) is 0 Å². The van der Waals surface area contributed by atoms with Crippen molar-refractivity contribution in [3.05, 3.63) is 71.3 Å². The molecule has 5 nitrogen and oxygen atoms in total. The van der Waals surface area contributed by atoms with E-state index in [1.807, 2.05) is 68.4 Å². The Morgan fingerprint density at radius 2 is 1.44 bits per heavy atom. The van der Waals surface area contributed by atoms with E-state index in [0.717, 1.165) is 17.5 Å². The van der Waals surface area contributed by atoms with Gasteiger partial charge in [-0.1, -0.05) is 79.3 Å². The number of nitrogens with one attached hydrogen (secondary N) is 3. The summed E-state index contributed by atoms with van der Waals surface area (Å²) in [5.74, 6) is 0. The summed E-state index contributed by atoms with van der Waals surface area (Å²) in [6.45, 7) is 2.69. The number of halogens is 3. The van der Waals surface area contributed by atoms with Gasteiger partial charge in [0, 0.05) is 11.1 Å². The summed E-state index contributed by atoms with van der Waals surface area (Å²) in [5, 5.41) is 10.6. The van der Waals surface area contributed by atoms with Crippen molar-refractivity contribution in [2.45, 2.75) is 32.9 Å². The smallest absolute Gasteiger partial charge is 0.352 e. The molecule has 10 heteroatoms. The Balaban J connectivity index is 2.45. The molecule has 0 fully saturated rings. The lowest BCUT2D eigenvalue weighted by Crippen LogP contribution is -2.39.